The van der Waals surface area contributed by atoms with Crippen molar-refractivity contribution in [2.24, 2.45) is 11.1 Å². The Hall–Kier alpha value is -2.31. The van der Waals surface area contributed by atoms with Crippen molar-refractivity contribution < 1.29 is 14.4 Å². The van der Waals surface area contributed by atoms with Gasteiger partial charge in [0, 0.05) is 11.5 Å². The van der Waals surface area contributed by atoms with Crippen molar-refractivity contribution in [3.8, 4) is 11.5 Å². The van der Waals surface area contributed by atoms with Gasteiger partial charge < -0.3 is 15.2 Å². The van der Waals surface area contributed by atoms with Crippen LogP contribution in [0, 0.1) is 20.9 Å². The van der Waals surface area contributed by atoms with Gasteiger partial charge in [0.1, 0.15) is 0 Å². The van der Waals surface area contributed by atoms with E-state index in [1.165, 1.54) is 25.3 Å². The minimum absolute atomic E-state index is 0.0572. The standard InChI is InChI=1S/C13H19N3O4/c1-13(2,12(14)15)6-7-20-10-5-4-9(16(17)18)8-11(10)19-3/h4-5,8H,6-7H2,1-3H3,(H3,14,15). The molecule has 1 rings (SSSR count). The normalized spacial score (nSPS) is 10.9. The topological polar surface area (TPSA) is 111 Å². The summed E-state index contributed by atoms with van der Waals surface area (Å²) in [4.78, 5) is 10.2. The van der Waals surface area contributed by atoms with Crippen LogP contribution in [-0.4, -0.2) is 24.5 Å². The summed E-state index contributed by atoms with van der Waals surface area (Å²) in [7, 11) is 1.42. The number of non-ortho nitro benzene ring substituents is 1. The van der Waals surface area contributed by atoms with Crippen molar-refractivity contribution in [3.05, 3.63) is 28.3 Å². The van der Waals surface area contributed by atoms with E-state index in [2.05, 4.69) is 0 Å². The Morgan fingerprint density at radius 1 is 1.45 bits per heavy atom. The molecule has 20 heavy (non-hydrogen) atoms. The molecule has 1 aromatic rings. The first kappa shape index (κ1) is 15.7. The summed E-state index contributed by atoms with van der Waals surface area (Å²) in [6, 6.07) is 4.16. The molecule has 0 bridgehead atoms. The number of hydrogen-bond donors (Lipinski definition) is 2. The molecule has 0 heterocycles. The SMILES string of the molecule is COc1cc([N+](=O)[O-])ccc1OCCC(C)(C)C(=N)N. The molecule has 3 N–H and O–H groups in total. The van der Waals surface area contributed by atoms with Crippen LogP contribution >= 0.6 is 0 Å². The van der Waals surface area contributed by atoms with Crippen LogP contribution in [0.15, 0.2) is 18.2 Å². The van der Waals surface area contributed by atoms with Crippen LogP contribution in [-0.2, 0) is 0 Å². The molecule has 0 spiro atoms. The van der Waals surface area contributed by atoms with Gasteiger partial charge in [-0.1, -0.05) is 13.8 Å². The first-order chi connectivity index (χ1) is 9.27. The zero-order chi connectivity index (χ0) is 15.3. The van der Waals surface area contributed by atoms with Gasteiger partial charge in [0.15, 0.2) is 11.5 Å². The summed E-state index contributed by atoms with van der Waals surface area (Å²) >= 11 is 0. The third-order valence-electron chi connectivity index (χ3n) is 3.07. The zero-order valence-corrected chi connectivity index (χ0v) is 11.8. The number of hydrogen-bond acceptors (Lipinski definition) is 5. The maximum atomic E-state index is 10.7. The van der Waals surface area contributed by atoms with E-state index in [0.717, 1.165) is 0 Å². The largest absolute Gasteiger partial charge is 0.493 e. The molecule has 0 aliphatic carbocycles. The number of nitro groups is 1. The van der Waals surface area contributed by atoms with Gasteiger partial charge >= 0.3 is 0 Å². The monoisotopic (exact) mass is 281 g/mol. The Balaban J connectivity index is 2.74. The van der Waals surface area contributed by atoms with E-state index in [1.807, 2.05) is 13.8 Å². The fourth-order valence-electron chi connectivity index (χ4n) is 1.44. The molecule has 0 fully saturated rings. The fraction of sp³-hybridized carbons (Fsp3) is 0.462. The Morgan fingerprint density at radius 3 is 2.60 bits per heavy atom. The van der Waals surface area contributed by atoms with Gasteiger partial charge in [-0.2, -0.15) is 0 Å². The summed E-state index contributed by atoms with van der Waals surface area (Å²) in [6.45, 7) is 4.04. The molecule has 110 valence electrons. The molecule has 0 atom stereocenters. The average Bonchev–Trinajstić information content (AvgIpc) is 2.38. The Morgan fingerprint density at radius 2 is 2.10 bits per heavy atom. The van der Waals surface area contributed by atoms with Crippen molar-refractivity contribution in [1.29, 1.82) is 5.41 Å². The first-order valence-corrected chi connectivity index (χ1v) is 6.07. The molecule has 1 aromatic carbocycles. The molecule has 0 amide bonds. The van der Waals surface area contributed by atoms with Gasteiger partial charge in [0.2, 0.25) is 0 Å². The zero-order valence-electron chi connectivity index (χ0n) is 11.8. The van der Waals surface area contributed by atoms with Crippen molar-refractivity contribution >= 4 is 11.5 Å². The molecule has 0 aliphatic rings. The summed E-state index contributed by atoms with van der Waals surface area (Å²) < 4.78 is 10.6. The fourth-order valence-corrected chi connectivity index (χ4v) is 1.44. The van der Waals surface area contributed by atoms with Gasteiger partial charge in [-0.15, -0.1) is 0 Å². The Kier molecular flexibility index (Phi) is 4.90. The lowest BCUT2D eigenvalue weighted by atomic mass is 9.88. The second-order valence-electron chi connectivity index (χ2n) is 4.99. The highest BCUT2D eigenvalue weighted by Gasteiger charge is 2.22. The van der Waals surface area contributed by atoms with E-state index in [-0.39, 0.29) is 11.5 Å². The lowest BCUT2D eigenvalue weighted by Gasteiger charge is -2.22. The Labute approximate surface area is 117 Å². The molecule has 7 nitrogen and oxygen atoms in total. The third-order valence-corrected chi connectivity index (χ3v) is 3.07. The van der Waals surface area contributed by atoms with E-state index in [1.54, 1.807) is 0 Å². The highest BCUT2D eigenvalue weighted by atomic mass is 16.6. The lowest BCUT2D eigenvalue weighted by molar-refractivity contribution is -0.385. The molecular weight excluding hydrogens is 262 g/mol. The number of nitrogens with zero attached hydrogens (tertiary/aromatic N) is 1. The molecule has 0 aliphatic heterocycles. The van der Waals surface area contributed by atoms with E-state index in [4.69, 9.17) is 20.6 Å². The molecule has 0 aromatic heterocycles. The highest BCUT2D eigenvalue weighted by molar-refractivity contribution is 5.82. The molecule has 0 saturated heterocycles. The number of methoxy groups -OCH3 is 1. The van der Waals surface area contributed by atoms with Crippen LogP contribution in [0.25, 0.3) is 0 Å². The molecule has 0 radical (unpaired) electrons. The quantitative estimate of drug-likeness (QED) is 0.345. The van der Waals surface area contributed by atoms with E-state index < -0.39 is 10.3 Å². The number of nitrogens with one attached hydrogen (secondary N) is 1. The van der Waals surface area contributed by atoms with Gasteiger partial charge in [0.05, 0.1) is 30.5 Å². The van der Waals surface area contributed by atoms with Crippen LogP contribution in [0.2, 0.25) is 0 Å². The lowest BCUT2D eigenvalue weighted by Crippen LogP contribution is -2.32. The molecule has 0 saturated carbocycles. The van der Waals surface area contributed by atoms with Crippen LogP contribution < -0.4 is 15.2 Å². The van der Waals surface area contributed by atoms with Crippen LogP contribution in [0.5, 0.6) is 11.5 Å². The van der Waals surface area contributed by atoms with E-state index in [9.17, 15) is 10.1 Å². The predicted molar refractivity (Wildman–Crippen MR) is 75.5 cm³/mol. The Bertz CT molecular complexity index is 514. The minimum Gasteiger partial charge on any atom is -0.493 e. The second kappa shape index (κ2) is 6.23. The predicted octanol–water partition coefficient (Wildman–Crippen LogP) is 2.33. The number of ether oxygens (including phenoxy) is 2. The highest BCUT2D eigenvalue weighted by Crippen LogP contribution is 2.31. The number of rotatable bonds is 7. The van der Waals surface area contributed by atoms with E-state index in [0.29, 0.717) is 24.5 Å². The van der Waals surface area contributed by atoms with Gasteiger partial charge in [-0.05, 0) is 12.5 Å². The smallest absolute Gasteiger partial charge is 0.273 e. The van der Waals surface area contributed by atoms with Crippen molar-refractivity contribution in [2.75, 3.05) is 13.7 Å². The first-order valence-electron chi connectivity index (χ1n) is 6.07. The maximum Gasteiger partial charge on any atom is 0.273 e. The summed E-state index contributed by atoms with van der Waals surface area (Å²) in [5.74, 6) is 0.828. The summed E-state index contributed by atoms with van der Waals surface area (Å²) in [5.41, 5.74) is 4.98. The van der Waals surface area contributed by atoms with Gasteiger partial charge in [-0.25, -0.2) is 0 Å². The van der Waals surface area contributed by atoms with E-state index >= 15 is 0 Å². The van der Waals surface area contributed by atoms with Crippen molar-refractivity contribution in [3.63, 3.8) is 0 Å². The number of amidine groups is 1. The van der Waals surface area contributed by atoms with Gasteiger partial charge in [0.25, 0.3) is 5.69 Å². The summed E-state index contributed by atoms with van der Waals surface area (Å²) in [6.07, 6.45) is 0.558. The number of benzene rings is 1. The number of nitro benzene ring substituents is 1. The maximum absolute atomic E-state index is 10.7. The van der Waals surface area contributed by atoms with Crippen LogP contribution in [0.3, 0.4) is 0 Å². The second-order valence-corrected chi connectivity index (χ2v) is 4.99. The van der Waals surface area contributed by atoms with Crippen LogP contribution in [0.1, 0.15) is 20.3 Å². The van der Waals surface area contributed by atoms with Crippen molar-refractivity contribution in [2.45, 2.75) is 20.3 Å². The minimum atomic E-state index is -0.495. The molecule has 7 heteroatoms. The summed E-state index contributed by atoms with van der Waals surface area (Å²) in [5, 5.41) is 18.1. The molecule has 0 unspecified atom stereocenters. The van der Waals surface area contributed by atoms with Gasteiger partial charge in [-0.3, -0.25) is 15.5 Å². The average molecular weight is 281 g/mol. The van der Waals surface area contributed by atoms with Crippen molar-refractivity contribution in [1.82, 2.24) is 0 Å². The number of nitrogens with two attached hydrogens (primary N) is 1. The third kappa shape index (κ3) is 3.84. The van der Waals surface area contributed by atoms with Crippen LogP contribution in [0.4, 0.5) is 5.69 Å². The molecular formula is C13H19N3O4.